The largest absolute Gasteiger partial charge is 0.481 e. The van der Waals surface area contributed by atoms with Crippen LogP contribution in [-0.2, 0) is 14.3 Å². The molecule has 1 aliphatic heterocycles. The van der Waals surface area contributed by atoms with Crippen LogP contribution in [0.15, 0.2) is 0 Å². The number of morpholine rings is 1. The fourth-order valence-electron chi connectivity index (χ4n) is 1.56. The van der Waals surface area contributed by atoms with Gasteiger partial charge in [0.2, 0.25) is 5.91 Å². The molecule has 0 aromatic carbocycles. The molecule has 1 fully saturated rings. The normalized spacial score (nSPS) is 21.4. The highest BCUT2D eigenvalue weighted by molar-refractivity contribution is 5.80. The molecule has 0 spiro atoms. The van der Waals surface area contributed by atoms with E-state index in [9.17, 15) is 9.59 Å². The van der Waals surface area contributed by atoms with Gasteiger partial charge in [0, 0.05) is 19.5 Å². The summed E-state index contributed by atoms with van der Waals surface area (Å²) in [7, 11) is 0. The lowest BCUT2D eigenvalue weighted by atomic mass is 10.2. The summed E-state index contributed by atoms with van der Waals surface area (Å²) >= 11 is 0. The van der Waals surface area contributed by atoms with Gasteiger partial charge in [-0.15, -0.1) is 0 Å². The van der Waals surface area contributed by atoms with Crippen LogP contribution in [0.1, 0.15) is 26.2 Å². The molecule has 1 saturated heterocycles. The lowest BCUT2D eigenvalue weighted by Gasteiger charge is -2.32. The monoisotopic (exact) mass is 215 g/mol. The first-order chi connectivity index (χ1) is 7.13. The van der Waals surface area contributed by atoms with Crippen molar-refractivity contribution in [1.82, 2.24) is 4.90 Å². The second-order valence-electron chi connectivity index (χ2n) is 3.63. The Bertz CT molecular complexity index is 242. The van der Waals surface area contributed by atoms with E-state index in [1.807, 2.05) is 6.92 Å². The van der Waals surface area contributed by atoms with Crippen molar-refractivity contribution >= 4 is 11.9 Å². The number of aliphatic carboxylic acids is 1. The number of nitrogens with zero attached hydrogens (tertiary/aromatic N) is 1. The summed E-state index contributed by atoms with van der Waals surface area (Å²) in [5.41, 5.74) is 0. The van der Waals surface area contributed by atoms with E-state index in [0.29, 0.717) is 19.7 Å². The van der Waals surface area contributed by atoms with Crippen molar-refractivity contribution in [2.24, 2.45) is 0 Å². The maximum Gasteiger partial charge on any atom is 0.303 e. The number of carboxylic acids is 1. The molecular weight excluding hydrogens is 198 g/mol. The van der Waals surface area contributed by atoms with Crippen LogP contribution in [0, 0.1) is 0 Å². The standard InChI is InChI=1S/C10H17NO4/c1-2-8-7-11(5-6-15-8)9(12)3-4-10(13)14/h8H,2-7H2,1H3,(H,13,14). The summed E-state index contributed by atoms with van der Waals surface area (Å²) in [6.07, 6.45) is 0.981. The van der Waals surface area contributed by atoms with Gasteiger partial charge in [-0.05, 0) is 6.42 Å². The van der Waals surface area contributed by atoms with Crippen molar-refractivity contribution < 1.29 is 19.4 Å². The van der Waals surface area contributed by atoms with Crippen LogP contribution in [-0.4, -0.2) is 47.7 Å². The molecule has 1 unspecified atom stereocenters. The van der Waals surface area contributed by atoms with Crippen LogP contribution < -0.4 is 0 Å². The van der Waals surface area contributed by atoms with E-state index >= 15 is 0 Å². The van der Waals surface area contributed by atoms with Gasteiger partial charge in [0.1, 0.15) is 0 Å². The zero-order chi connectivity index (χ0) is 11.3. The highest BCUT2D eigenvalue weighted by atomic mass is 16.5. The molecule has 0 aromatic rings. The number of ether oxygens (including phenoxy) is 1. The number of carboxylic acid groups (broad SMARTS) is 1. The van der Waals surface area contributed by atoms with Gasteiger partial charge in [0.25, 0.3) is 0 Å². The van der Waals surface area contributed by atoms with Gasteiger partial charge < -0.3 is 14.7 Å². The van der Waals surface area contributed by atoms with E-state index in [1.54, 1.807) is 4.90 Å². The van der Waals surface area contributed by atoms with Gasteiger partial charge in [-0.2, -0.15) is 0 Å². The third kappa shape index (κ3) is 3.87. The minimum Gasteiger partial charge on any atom is -0.481 e. The average molecular weight is 215 g/mol. The number of carbonyl (C=O) groups excluding carboxylic acids is 1. The minimum atomic E-state index is -0.927. The second kappa shape index (κ2) is 5.70. The number of amides is 1. The first-order valence-electron chi connectivity index (χ1n) is 5.24. The Balaban J connectivity index is 2.35. The molecule has 0 bridgehead atoms. The lowest BCUT2D eigenvalue weighted by molar-refractivity contribution is -0.144. The molecule has 15 heavy (non-hydrogen) atoms. The molecule has 0 radical (unpaired) electrons. The first-order valence-corrected chi connectivity index (χ1v) is 5.24. The van der Waals surface area contributed by atoms with E-state index in [-0.39, 0.29) is 24.9 Å². The summed E-state index contributed by atoms with van der Waals surface area (Å²) < 4.78 is 5.42. The third-order valence-electron chi connectivity index (χ3n) is 2.50. The van der Waals surface area contributed by atoms with Gasteiger partial charge in [-0.1, -0.05) is 6.92 Å². The van der Waals surface area contributed by atoms with Gasteiger partial charge in [0.15, 0.2) is 0 Å². The average Bonchev–Trinajstić information content (AvgIpc) is 2.26. The van der Waals surface area contributed by atoms with Gasteiger partial charge in [0.05, 0.1) is 19.1 Å². The fourth-order valence-corrected chi connectivity index (χ4v) is 1.56. The van der Waals surface area contributed by atoms with E-state index in [0.717, 1.165) is 6.42 Å². The van der Waals surface area contributed by atoms with Gasteiger partial charge in [-0.25, -0.2) is 0 Å². The predicted octanol–water partition coefficient (Wildman–Crippen LogP) is 0.489. The van der Waals surface area contributed by atoms with Crippen molar-refractivity contribution in [1.29, 1.82) is 0 Å². The Morgan fingerprint density at radius 3 is 2.80 bits per heavy atom. The van der Waals surface area contributed by atoms with Crippen molar-refractivity contribution in [3.8, 4) is 0 Å². The van der Waals surface area contributed by atoms with E-state index < -0.39 is 5.97 Å². The fraction of sp³-hybridized carbons (Fsp3) is 0.800. The molecule has 86 valence electrons. The number of hydrogen-bond donors (Lipinski definition) is 1. The molecule has 0 aromatic heterocycles. The maximum atomic E-state index is 11.6. The lowest BCUT2D eigenvalue weighted by Crippen LogP contribution is -2.45. The molecule has 1 atom stereocenters. The zero-order valence-corrected chi connectivity index (χ0v) is 8.94. The molecule has 0 saturated carbocycles. The molecule has 5 nitrogen and oxygen atoms in total. The van der Waals surface area contributed by atoms with Crippen LogP contribution >= 0.6 is 0 Å². The Kier molecular flexibility index (Phi) is 4.55. The minimum absolute atomic E-state index is 0.0841. The van der Waals surface area contributed by atoms with Crippen molar-refractivity contribution in [2.45, 2.75) is 32.3 Å². The van der Waals surface area contributed by atoms with E-state index in [4.69, 9.17) is 9.84 Å². The van der Waals surface area contributed by atoms with Crippen LogP contribution in [0.3, 0.4) is 0 Å². The predicted molar refractivity (Wildman–Crippen MR) is 53.5 cm³/mol. The molecule has 1 amide bonds. The molecule has 1 rings (SSSR count). The van der Waals surface area contributed by atoms with Crippen molar-refractivity contribution in [3.05, 3.63) is 0 Å². The maximum absolute atomic E-state index is 11.6. The van der Waals surface area contributed by atoms with Gasteiger partial charge >= 0.3 is 5.97 Å². The smallest absolute Gasteiger partial charge is 0.303 e. The number of hydrogen-bond acceptors (Lipinski definition) is 3. The Labute approximate surface area is 89.0 Å². The van der Waals surface area contributed by atoms with Crippen molar-refractivity contribution in [3.63, 3.8) is 0 Å². The summed E-state index contributed by atoms with van der Waals surface area (Å²) in [6, 6.07) is 0. The third-order valence-corrected chi connectivity index (χ3v) is 2.50. The second-order valence-corrected chi connectivity index (χ2v) is 3.63. The Morgan fingerprint density at radius 2 is 2.20 bits per heavy atom. The SMILES string of the molecule is CCC1CN(C(=O)CCC(=O)O)CCO1. The first kappa shape index (κ1) is 12.0. The highest BCUT2D eigenvalue weighted by Crippen LogP contribution is 2.10. The van der Waals surface area contributed by atoms with Crippen LogP contribution in [0.2, 0.25) is 0 Å². The Morgan fingerprint density at radius 1 is 1.47 bits per heavy atom. The quantitative estimate of drug-likeness (QED) is 0.741. The van der Waals surface area contributed by atoms with E-state index in [1.165, 1.54) is 0 Å². The molecule has 1 N–H and O–H groups in total. The van der Waals surface area contributed by atoms with E-state index in [2.05, 4.69) is 0 Å². The summed E-state index contributed by atoms with van der Waals surface area (Å²) in [5.74, 6) is -1.01. The molecular formula is C10H17NO4. The molecule has 1 aliphatic rings. The Hall–Kier alpha value is -1.10. The number of rotatable bonds is 4. The number of carbonyl (C=O) groups is 2. The summed E-state index contributed by atoms with van der Waals surface area (Å²) in [5, 5.41) is 8.46. The van der Waals surface area contributed by atoms with Crippen molar-refractivity contribution in [2.75, 3.05) is 19.7 Å². The molecule has 5 heteroatoms. The molecule has 0 aliphatic carbocycles. The van der Waals surface area contributed by atoms with Gasteiger partial charge in [-0.3, -0.25) is 9.59 Å². The van der Waals surface area contributed by atoms with Crippen LogP contribution in [0.25, 0.3) is 0 Å². The van der Waals surface area contributed by atoms with Crippen LogP contribution in [0.5, 0.6) is 0 Å². The summed E-state index contributed by atoms with van der Waals surface area (Å²) in [6.45, 7) is 3.73. The summed E-state index contributed by atoms with van der Waals surface area (Å²) in [4.78, 5) is 23.6. The topological polar surface area (TPSA) is 66.8 Å². The van der Waals surface area contributed by atoms with Crippen LogP contribution in [0.4, 0.5) is 0 Å². The molecule has 1 heterocycles. The highest BCUT2D eigenvalue weighted by Gasteiger charge is 2.22. The zero-order valence-electron chi connectivity index (χ0n) is 8.94.